The molecule has 7 heteroatoms. The SMILES string of the molecule is COc1cc(CCc2cc(CCc3ccc(O)c(OC)c3)[nH]c(=S)n2)ccc1O. The molecular weight excluding hydrogens is 388 g/mol. The summed E-state index contributed by atoms with van der Waals surface area (Å²) < 4.78 is 10.8. The number of nitrogens with zero attached hydrogens (tertiary/aromatic N) is 1. The minimum Gasteiger partial charge on any atom is -0.504 e. The standard InChI is InChI=1S/C22H24N2O4S/c1-27-20-11-14(5-9-18(20)25)3-7-16-13-17(24-22(29)23-16)8-4-15-6-10-19(26)21(12-15)28-2/h5-6,9-13,25-26H,3-4,7-8H2,1-2H3,(H,23,24,29). The predicted octanol–water partition coefficient (Wildman–Crippen LogP) is 4.14. The Hall–Kier alpha value is -3.06. The Kier molecular flexibility index (Phi) is 6.72. The van der Waals surface area contributed by atoms with E-state index in [0.717, 1.165) is 48.2 Å². The van der Waals surface area contributed by atoms with Crippen LogP contribution in [0.5, 0.6) is 23.0 Å². The Morgan fingerprint density at radius 1 is 0.828 bits per heavy atom. The summed E-state index contributed by atoms with van der Waals surface area (Å²) in [5, 5.41) is 19.4. The molecule has 3 rings (SSSR count). The lowest BCUT2D eigenvalue weighted by atomic mass is 10.0. The van der Waals surface area contributed by atoms with Gasteiger partial charge in [-0.3, -0.25) is 0 Å². The molecule has 29 heavy (non-hydrogen) atoms. The topological polar surface area (TPSA) is 87.6 Å². The third-order valence-electron chi connectivity index (χ3n) is 4.69. The molecule has 3 N–H and O–H groups in total. The first-order chi connectivity index (χ1) is 14.0. The quantitative estimate of drug-likeness (QED) is 0.482. The lowest BCUT2D eigenvalue weighted by molar-refractivity contribution is 0.373. The number of aromatic nitrogens is 2. The van der Waals surface area contributed by atoms with Gasteiger partial charge in [0, 0.05) is 11.4 Å². The molecule has 0 atom stereocenters. The fourth-order valence-corrected chi connectivity index (χ4v) is 3.38. The molecule has 0 spiro atoms. The van der Waals surface area contributed by atoms with Crippen LogP contribution in [0.15, 0.2) is 42.5 Å². The van der Waals surface area contributed by atoms with Crippen molar-refractivity contribution in [3.8, 4) is 23.0 Å². The van der Waals surface area contributed by atoms with Crippen LogP contribution in [0.3, 0.4) is 0 Å². The smallest absolute Gasteiger partial charge is 0.197 e. The predicted molar refractivity (Wildman–Crippen MR) is 114 cm³/mol. The first kappa shape index (κ1) is 20.7. The number of phenols is 2. The van der Waals surface area contributed by atoms with Crippen LogP contribution in [0, 0.1) is 4.77 Å². The Balaban J connectivity index is 1.67. The zero-order chi connectivity index (χ0) is 20.8. The van der Waals surface area contributed by atoms with Crippen molar-refractivity contribution in [1.29, 1.82) is 0 Å². The molecular formula is C22H24N2O4S. The average Bonchev–Trinajstić information content (AvgIpc) is 2.72. The Morgan fingerprint density at radius 2 is 1.38 bits per heavy atom. The van der Waals surface area contributed by atoms with Gasteiger partial charge >= 0.3 is 0 Å². The van der Waals surface area contributed by atoms with Gasteiger partial charge in [0.15, 0.2) is 27.8 Å². The molecule has 0 aliphatic rings. The highest BCUT2D eigenvalue weighted by molar-refractivity contribution is 7.71. The van der Waals surface area contributed by atoms with E-state index < -0.39 is 0 Å². The second-order valence-electron chi connectivity index (χ2n) is 6.72. The van der Waals surface area contributed by atoms with Crippen molar-refractivity contribution in [1.82, 2.24) is 9.97 Å². The maximum Gasteiger partial charge on any atom is 0.197 e. The van der Waals surface area contributed by atoms with E-state index in [-0.39, 0.29) is 11.5 Å². The minimum absolute atomic E-state index is 0.129. The molecule has 0 bridgehead atoms. The third kappa shape index (κ3) is 5.48. The maximum absolute atomic E-state index is 9.72. The fourth-order valence-electron chi connectivity index (χ4n) is 3.13. The van der Waals surface area contributed by atoms with E-state index in [1.165, 1.54) is 14.2 Å². The molecule has 0 radical (unpaired) electrons. The molecule has 1 heterocycles. The second-order valence-corrected chi connectivity index (χ2v) is 7.10. The van der Waals surface area contributed by atoms with E-state index in [2.05, 4.69) is 9.97 Å². The zero-order valence-corrected chi connectivity index (χ0v) is 17.3. The van der Waals surface area contributed by atoms with E-state index in [4.69, 9.17) is 21.7 Å². The van der Waals surface area contributed by atoms with E-state index in [1.807, 2.05) is 30.3 Å². The first-order valence-electron chi connectivity index (χ1n) is 9.29. The van der Waals surface area contributed by atoms with Gasteiger partial charge in [-0.05, 0) is 79.4 Å². The highest BCUT2D eigenvalue weighted by Gasteiger charge is 2.07. The van der Waals surface area contributed by atoms with Crippen molar-refractivity contribution in [2.75, 3.05) is 14.2 Å². The summed E-state index contributed by atoms with van der Waals surface area (Å²) in [5.41, 5.74) is 4.04. The van der Waals surface area contributed by atoms with Crippen LogP contribution < -0.4 is 9.47 Å². The van der Waals surface area contributed by atoms with E-state index in [9.17, 15) is 10.2 Å². The van der Waals surface area contributed by atoms with Gasteiger partial charge in [0.25, 0.3) is 0 Å². The zero-order valence-electron chi connectivity index (χ0n) is 16.4. The summed E-state index contributed by atoms with van der Waals surface area (Å²) >= 11 is 5.29. The molecule has 1 aromatic heterocycles. The molecule has 0 saturated carbocycles. The molecule has 0 fully saturated rings. The van der Waals surface area contributed by atoms with Gasteiger partial charge in [-0.15, -0.1) is 0 Å². The van der Waals surface area contributed by atoms with Crippen LogP contribution in [-0.4, -0.2) is 34.4 Å². The molecule has 0 aliphatic carbocycles. The molecule has 152 valence electrons. The molecule has 2 aromatic carbocycles. The third-order valence-corrected chi connectivity index (χ3v) is 4.89. The van der Waals surface area contributed by atoms with Crippen LogP contribution in [0.25, 0.3) is 0 Å². The largest absolute Gasteiger partial charge is 0.504 e. The number of aromatic hydroxyl groups is 2. The second kappa shape index (κ2) is 9.43. The summed E-state index contributed by atoms with van der Waals surface area (Å²) in [6, 6.07) is 12.7. The van der Waals surface area contributed by atoms with Crippen LogP contribution in [0.4, 0.5) is 0 Å². The van der Waals surface area contributed by atoms with Gasteiger partial charge in [-0.1, -0.05) is 12.1 Å². The number of nitrogens with one attached hydrogen (secondary N) is 1. The normalized spacial score (nSPS) is 10.7. The Morgan fingerprint density at radius 3 is 1.93 bits per heavy atom. The summed E-state index contributed by atoms with van der Waals surface area (Å²) in [6.07, 6.45) is 3.03. The fraction of sp³-hybridized carbons (Fsp3) is 0.273. The van der Waals surface area contributed by atoms with Crippen LogP contribution >= 0.6 is 12.2 Å². The van der Waals surface area contributed by atoms with E-state index >= 15 is 0 Å². The van der Waals surface area contributed by atoms with Gasteiger partial charge in [0.1, 0.15) is 0 Å². The number of rotatable bonds is 8. The summed E-state index contributed by atoms with van der Waals surface area (Å²) in [7, 11) is 3.07. The van der Waals surface area contributed by atoms with Crippen molar-refractivity contribution >= 4 is 12.2 Å². The van der Waals surface area contributed by atoms with Crippen molar-refractivity contribution in [3.05, 3.63) is 69.8 Å². The van der Waals surface area contributed by atoms with Gasteiger partial charge in [0.2, 0.25) is 0 Å². The Labute approximate surface area is 174 Å². The van der Waals surface area contributed by atoms with Crippen LogP contribution in [0.2, 0.25) is 0 Å². The molecule has 3 aromatic rings. The van der Waals surface area contributed by atoms with Gasteiger partial charge < -0.3 is 24.7 Å². The summed E-state index contributed by atoms with van der Waals surface area (Å²) in [6.45, 7) is 0. The number of ether oxygens (including phenoxy) is 2. The maximum atomic E-state index is 9.72. The number of benzene rings is 2. The number of hydrogen-bond donors (Lipinski definition) is 3. The lowest BCUT2D eigenvalue weighted by Crippen LogP contribution is -2.02. The highest BCUT2D eigenvalue weighted by Crippen LogP contribution is 2.27. The minimum atomic E-state index is 0.129. The molecule has 6 nitrogen and oxygen atoms in total. The number of aryl methyl sites for hydroxylation is 4. The van der Waals surface area contributed by atoms with Gasteiger partial charge in [-0.2, -0.15) is 0 Å². The van der Waals surface area contributed by atoms with Gasteiger partial charge in [-0.25, -0.2) is 4.98 Å². The Bertz CT molecular complexity index is 970. The van der Waals surface area contributed by atoms with Crippen molar-refractivity contribution in [3.63, 3.8) is 0 Å². The average molecular weight is 413 g/mol. The number of H-pyrrole nitrogens is 1. The molecule has 0 saturated heterocycles. The van der Waals surface area contributed by atoms with Crippen LogP contribution in [-0.2, 0) is 25.7 Å². The van der Waals surface area contributed by atoms with E-state index in [1.54, 1.807) is 12.1 Å². The van der Waals surface area contributed by atoms with Gasteiger partial charge in [0.05, 0.1) is 14.2 Å². The van der Waals surface area contributed by atoms with Crippen molar-refractivity contribution in [2.45, 2.75) is 25.7 Å². The first-order valence-corrected chi connectivity index (χ1v) is 9.70. The van der Waals surface area contributed by atoms with Crippen molar-refractivity contribution < 1.29 is 19.7 Å². The number of methoxy groups -OCH3 is 2. The number of phenolic OH excluding ortho intramolecular Hbond substituents is 2. The molecule has 0 unspecified atom stereocenters. The summed E-state index contributed by atoms with van der Waals surface area (Å²) in [4.78, 5) is 7.58. The van der Waals surface area contributed by atoms with E-state index in [0.29, 0.717) is 16.3 Å². The summed E-state index contributed by atoms with van der Waals surface area (Å²) in [5.74, 6) is 1.19. The molecule has 0 amide bonds. The monoisotopic (exact) mass is 412 g/mol. The molecule has 0 aliphatic heterocycles. The van der Waals surface area contributed by atoms with Crippen molar-refractivity contribution in [2.24, 2.45) is 0 Å². The number of aromatic amines is 1. The number of hydrogen-bond acceptors (Lipinski definition) is 6. The lowest BCUT2D eigenvalue weighted by Gasteiger charge is -2.09. The van der Waals surface area contributed by atoms with Crippen LogP contribution in [0.1, 0.15) is 22.5 Å². The highest BCUT2D eigenvalue weighted by atomic mass is 32.1.